The van der Waals surface area contributed by atoms with E-state index >= 15 is 0 Å². The Morgan fingerprint density at radius 2 is 2.05 bits per heavy atom. The Morgan fingerprint density at radius 3 is 2.71 bits per heavy atom. The molecule has 2 atom stereocenters. The molecule has 21 heavy (non-hydrogen) atoms. The maximum atomic E-state index is 4.91. The van der Waals surface area contributed by atoms with Crippen molar-refractivity contribution in [3.05, 3.63) is 16.3 Å². The van der Waals surface area contributed by atoms with Gasteiger partial charge >= 0.3 is 0 Å². The third-order valence-electron chi connectivity index (χ3n) is 4.65. The Morgan fingerprint density at radius 1 is 1.24 bits per heavy atom. The molecule has 0 radical (unpaired) electrons. The molecule has 2 unspecified atom stereocenters. The first kappa shape index (κ1) is 14.8. The zero-order valence-corrected chi connectivity index (χ0v) is 14.3. The lowest BCUT2D eigenvalue weighted by atomic mass is 10.1. The molecule has 1 aliphatic carbocycles. The van der Waals surface area contributed by atoms with Gasteiger partial charge < -0.3 is 5.32 Å². The predicted molar refractivity (Wildman–Crippen MR) is 91.4 cm³/mol. The van der Waals surface area contributed by atoms with Gasteiger partial charge in [-0.15, -0.1) is 11.3 Å². The number of fused-ring (bicyclic) bond motifs is 1. The molecule has 1 aliphatic rings. The Hall–Kier alpha value is -1.16. The van der Waals surface area contributed by atoms with E-state index in [1.165, 1.54) is 35.1 Å². The molecule has 1 saturated carbocycles. The van der Waals surface area contributed by atoms with Crippen LogP contribution in [0.1, 0.15) is 61.7 Å². The summed E-state index contributed by atoms with van der Waals surface area (Å²) < 4.78 is 0. The number of nitrogens with one attached hydrogen (secondary N) is 1. The fourth-order valence-electron chi connectivity index (χ4n) is 3.26. The zero-order valence-electron chi connectivity index (χ0n) is 13.5. The Labute approximate surface area is 131 Å². The van der Waals surface area contributed by atoms with Crippen molar-refractivity contribution in [1.82, 2.24) is 9.97 Å². The van der Waals surface area contributed by atoms with Gasteiger partial charge in [-0.05, 0) is 51.0 Å². The molecule has 0 spiro atoms. The number of nitrogens with zero attached hydrogens (tertiary/aromatic N) is 2. The number of hydrogen-bond donors (Lipinski definition) is 1. The summed E-state index contributed by atoms with van der Waals surface area (Å²) in [5.41, 5.74) is 1.33. The van der Waals surface area contributed by atoms with E-state index < -0.39 is 0 Å². The smallest absolute Gasteiger partial charge is 0.138 e. The van der Waals surface area contributed by atoms with E-state index in [1.807, 2.05) is 11.3 Å². The predicted octanol–water partition coefficient (Wildman–Crippen LogP) is 5.03. The highest BCUT2D eigenvalue weighted by Crippen LogP contribution is 2.39. The van der Waals surface area contributed by atoms with Crippen LogP contribution in [0, 0.1) is 19.8 Å². The molecule has 4 heteroatoms. The summed E-state index contributed by atoms with van der Waals surface area (Å²) in [5, 5.41) is 4.76. The number of thiophene rings is 1. The summed E-state index contributed by atoms with van der Waals surface area (Å²) in [5.74, 6) is 3.48. The van der Waals surface area contributed by atoms with Gasteiger partial charge in [-0.2, -0.15) is 0 Å². The molecule has 3 rings (SSSR count). The topological polar surface area (TPSA) is 37.8 Å². The van der Waals surface area contributed by atoms with Crippen molar-refractivity contribution in [2.45, 2.75) is 59.3 Å². The molecule has 0 saturated heterocycles. The summed E-state index contributed by atoms with van der Waals surface area (Å²) in [6.07, 6.45) is 4.90. The fourth-order valence-corrected chi connectivity index (χ4v) is 4.30. The van der Waals surface area contributed by atoms with E-state index in [0.717, 1.165) is 35.4 Å². The highest BCUT2D eigenvalue weighted by molar-refractivity contribution is 7.18. The Bertz CT molecular complexity index is 647. The third kappa shape index (κ3) is 2.78. The third-order valence-corrected chi connectivity index (χ3v) is 5.75. The van der Waals surface area contributed by atoms with E-state index in [9.17, 15) is 0 Å². The molecule has 0 amide bonds. The van der Waals surface area contributed by atoms with Crippen LogP contribution in [-0.2, 0) is 0 Å². The molecular weight excluding hydrogens is 278 g/mol. The summed E-state index contributed by atoms with van der Waals surface area (Å²) in [4.78, 5) is 12.3. The van der Waals surface area contributed by atoms with Crippen LogP contribution in [0.4, 0.5) is 5.82 Å². The van der Waals surface area contributed by atoms with Gasteiger partial charge in [0.05, 0.1) is 5.39 Å². The lowest BCUT2D eigenvalue weighted by molar-refractivity contribution is 0.586. The minimum Gasteiger partial charge on any atom is -0.369 e. The second-order valence-electron chi connectivity index (χ2n) is 6.44. The van der Waals surface area contributed by atoms with Gasteiger partial charge in [0.2, 0.25) is 0 Å². The first-order valence-electron chi connectivity index (χ1n) is 8.11. The van der Waals surface area contributed by atoms with Crippen molar-refractivity contribution in [2.24, 2.45) is 5.92 Å². The van der Waals surface area contributed by atoms with Crippen LogP contribution in [0.25, 0.3) is 10.2 Å². The second-order valence-corrected chi connectivity index (χ2v) is 7.64. The summed E-state index contributed by atoms with van der Waals surface area (Å²) in [7, 11) is 0. The van der Waals surface area contributed by atoms with E-state index in [0.29, 0.717) is 5.92 Å². The van der Waals surface area contributed by atoms with E-state index in [4.69, 9.17) is 9.97 Å². The normalized spacial score (nSPS) is 22.1. The molecule has 3 nitrogen and oxygen atoms in total. The average molecular weight is 303 g/mol. The minimum atomic E-state index is 0.550. The molecule has 0 aliphatic heterocycles. The monoisotopic (exact) mass is 303 g/mol. The minimum absolute atomic E-state index is 0.550. The molecule has 0 aromatic carbocycles. The maximum Gasteiger partial charge on any atom is 0.138 e. The van der Waals surface area contributed by atoms with Crippen LogP contribution in [-0.4, -0.2) is 16.5 Å². The Balaban J connectivity index is 2.06. The van der Waals surface area contributed by atoms with Crippen LogP contribution < -0.4 is 5.32 Å². The van der Waals surface area contributed by atoms with Crippen molar-refractivity contribution >= 4 is 27.4 Å². The first-order valence-corrected chi connectivity index (χ1v) is 8.93. The van der Waals surface area contributed by atoms with Gasteiger partial charge in [-0.3, -0.25) is 0 Å². The average Bonchev–Trinajstić information content (AvgIpc) is 3.01. The molecule has 1 N–H and O–H groups in total. The van der Waals surface area contributed by atoms with Crippen molar-refractivity contribution in [1.29, 1.82) is 0 Å². The van der Waals surface area contributed by atoms with Gasteiger partial charge in [0.25, 0.3) is 0 Å². The van der Waals surface area contributed by atoms with Crippen LogP contribution >= 0.6 is 11.3 Å². The van der Waals surface area contributed by atoms with Crippen LogP contribution in [0.15, 0.2) is 0 Å². The van der Waals surface area contributed by atoms with Crippen LogP contribution in [0.3, 0.4) is 0 Å². The molecule has 1 fully saturated rings. The molecular formula is C17H25N3S. The first-order chi connectivity index (χ1) is 10.1. The lowest BCUT2D eigenvalue weighted by Crippen LogP contribution is -2.08. The number of anilines is 1. The molecule has 114 valence electrons. The molecule has 2 aromatic rings. The second kappa shape index (κ2) is 5.91. The van der Waals surface area contributed by atoms with Crippen molar-refractivity contribution in [3.63, 3.8) is 0 Å². The Kier molecular flexibility index (Phi) is 4.16. The standard InChI is InChI=1S/C17H25N3S/c1-5-8-18-16-14-11(3)12(4)21-17(14)20-15(19-16)13-7-6-10(2)9-13/h10,13H,5-9H2,1-4H3,(H,18,19,20). The van der Waals surface area contributed by atoms with Crippen LogP contribution in [0.5, 0.6) is 0 Å². The quantitative estimate of drug-likeness (QED) is 0.860. The van der Waals surface area contributed by atoms with E-state index in [1.54, 1.807) is 0 Å². The summed E-state index contributed by atoms with van der Waals surface area (Å²) >= 11 is 1.81. The number of aryl methyl sites for hydroxylation is 2. The summed E-state index contributed by atoms with van der Waals surface area (Å²) in [6.45, 7) is 9.88. The number of aromatic nitrogens is 2. The van der Waals surface area contributed by atoms with E-state index in [2.05, 4.69) is 33.0 Å². The van der Waals surface area contributed by atoms with Crippen molar-refractivity contribution in [2.75, 3.05) is 11.9 Å². The molecule has 2 heterocycles. The van der Waals surface area contributed by atoms with E-state index in [-0.39, 0.29) is 0 Å². The molecule has 2 aromatic heterocycles. The van der Waals surface area contributed by atoms with Gasteiger partial charge in [0.15, 0.2) is 0 Å². The number of hydrogen-bond acceptors (Lipinski definition) is 4. The zero-order chi connectivity index (χ0) is 15.0. The van der Waals surface area contributed by atoms with Crippen LogP contribution in [0.2, 0.25) is 0 Å². The van der Waals surface area contributed by atoms with Crippen molar-refractivity contribution < 1.29 is 0 Å². The van der Waals surface area contributed by atoms with Gasteiger partial charge in [-0.25, -0.2) is 9.97 Å². The highest BCUT2D eigenvalue weighted by atomic mass is 32.1. The summed E-state index contributed by atoms with van der Waals surface area (Å²) in [6, 6.07) is 0. The number of rotatable bonds is 4. The van der Waals surface area contributed by atoms with Gasteiger partial charge in [-0.1, -0.05) is 13.8 Å². The molecule has 0 bridgehead atoms. The largest absolute Gasteiger partial charge is 0.369 e. The SMILES string of the molecule is CCCNc1nc(C2CCC(C)C2)nc2sc(C)c(C)c12. The van der Waals surface area contributed by atoms with Gasteiger partial charge in [0, 0.05) is 17.3 Å². The maximum absolute atomic E-state index is 4.91. The fraction of sp³-hybridized carbons (Fsp3) is 0.647. The highest BCUT2D eigenvalue weighted by Gasteiger charge is 2.26. The van der Waals surface area contributed by atoms with Crippen molar-refractivity contribution in [3.8, 4) is 0 Å². The lowest BCUT2D eigenvalue weighted by Gasteiger charge is -2.12. The van der Waals surface area contributed by atoms with Gasteiger partial charge in [0.1, 0.15) is 16.5 Å².